The number of carbonyl (C=O) groups is 16. The van der Waals surface area contributed by atoms with Gasteiger partial charge in [-0.2, -0.15) is 0 Å². The van der Waals surface area contributed by atoms with Crippen LogP contribution in [-0.2, 0) is 95.7 Å². The summed E-state index contributed by atoms with van der Waals surface area (Å²) in [4.78, 5) is 167. The Morgan fingerprint density at radius 3 is 0.486 bits per heavy atom. The van der Waals surface area contributed by atoms with Crippen molar-refractivity contribution in [3.63, 3.8) is 0 Å². The van der Waals surface area contributed by atoms with Crippen molar-refractivity contribution in [2.24, 2.45) is 22.9 Å². The zero-order chi connectivity index (χ0) is 54.3. The minimum absolute atomic E-state index is 0. The van der Waals surface area contributed by atoms with Gasteiger partial charge in [-0.15, -0.1) is 0 Å². The van der Waals surface area contributed by atoms with Crippen molar-refractivity contribution in [3.05, 3.63) is 0 Å². The van der Waals surface area contributed by atoms with Crippen LogP contribution >= 0.6 is 0 Å². The van der Waals surface area contributed by atoms with E-state index in [2.05, 4.69) is 18.9 Å². The summed E-state index contributed by atoms with van der Waals surface area (Å²) in [7, 11) is 0. The Morgan fingerprint density at radius 1 is 0.292 bits per heavy atom. The Labute approximate surface area is 489 Å². The van der Waals surface area contributed by atoms with Gasteiger partial charge in [-0.3, -0.25) is 19.2 Å². The molecular weight excluding hydrogens is 1040 g/mol. The number of carboxylic acid groups (broad SMARTS) is 12. The standard InChI is InChI=1S/4C8H11NO8.4Na/c4*9-3(1-2-4(10)11)8(16)17-5(6(12)13)7(14)15;;;;/h4*3,5H,1-2,9H2,(H,10,11)(H,12,13)(H,14,15);;;;/q;;;;4*+1/p-4. The Kier molecular flexibility index (Phi) is 52.6. The molecule has 0 aromatic rings. The van der Waals surface area contributed by atoms with Gasteiger partial charge in [0, 0.05) is 23.9 Å². The molecule has 0 bridgehead atoms. The van der Waals surface area contributed by atoms with Gasteiger partial charge in [-0.1, -0.05) is 0 Å². The van der Waals surface area contributed by atoms with Gasteiger partial charge in [-0.25, -0.2) is 38.4 Å². The smallest absolute Gasteiger partial charge is 0.550 e. The van der Waals surface area contributed by atoms with Gasteiger partial charge in [0.15, 0.2) is 0 Å². The molecule has 0 aliphatic heterocycles. The number of carbonyl (C=O) groups excluding carboxylic acids is 8. The molecule has 0 rings (SSSR count). The summed E-state index contributed by atoms with van der Waals surface area (Å²) in [6, 6.07) is -5.69. The van der Waals surface area contributed by atoms with E-state index in [9.17, 15) is 97.1 Å². The Hall–Kier alpha value is -4.64. The topological polar surface area (TPSA) is 668 Å². The largest absolute Gasteiger partial charge is 1.00 e. The van der Waals surface area contributed by atoms with Gasteiger partial charge in [0.05, 0.1) is 0 Å². The second-order valence-corrected chi connectivity index (χ2v) is 12.0. The van der Waals surface area contributed by atoms with E-state index in [1.807, 2.05) is 0 Å². The molecule has 384 valence electrons. The van der Waals surface area contributed by atoms with Crippen LogP contribution in [0.3, 0.4) is 0 Å². The SMILES string of the molecule is NC(CCC(=O)[O-])C(=O)OC(C(=O)O)C(=O)O.NC(CCC(=O)[O-])C(=O)OC(C(=O)O)C(=O)O.NC(CCC(=O)[O-])C(=O)OC(C(=O)O)C(=O)O.NC(CCC(=O)[O-])C(=O)OC(C(=O)O)C(=O)O.[Na+].[Na+].[Na+].[Na+]. The van der Waals surface area contributed by atoms with E-state index < -0.39 is 170 Å². The molecule has 0 heterocycles. The number of carboxylic acids is 12. The van der Waals surface area contributed by atoms with Gasteiger partial charge in [-0.05, 0) is 51.4 Å². The molecular formula is C32H40N4Na4O32. The number of aliphatic carboxylic acids is 12. The van der Waals surface area contributed by atoms with Gasteiger partial charge in [0.1, 0.15) is 24.2 Å². The fourth-order valence-corrected chi connectivity index (χ4v) is 3.20. The van der Waals surface area contributed by atoms with Gasteiger partial charge in [0.25, 0.3) is 24.4 Å². The van der Waals surface area contributed by atoms with Crippen LogP contribution in [0.1, 0.15) is 51.4 Å². The van der Waals surface area contributed by atoms with Crippen LogP contribution in [0.15, 0.2) is 0 Å². The zero-order valence-corrected chi connectivity index (χ0v) is 46.0. The molecule has 0 radical (unpaired) electrons. The maximum absolute atomic E-state index is 11.1. The molecule has 4 atom stereocenters. The summed E-state index contributed by atoms with van der Waals surface area (Å²) in [5.41, 5.74) is 20.7. The van der Waals surface area contributed by atoms with Gasteiger partial charge in [0.2, 0.25) is 0 Å². The molecule has 0 saturated carbocycles. The van der Waals surface area contributed by atoms with E-state index in [1.54, 1.807) is 0 Å². The molecule has 0 amide bonds. The van der Waals surface area contributed by atoms with E-state index in [-0.39, 0.29) is 144 Å². The van der Waals surface area contributed by atoms with E-state index in [0.717, 1.165) is 0 Å². The average Bonchev–Trinajstić information content (AvgIpc) is 3.21. The minimum atomic E-state index is -2.36. The Morgan fingerprint density at radius 2 is 0.403 bits per heavy atom. The Bertz CT molecular complexity index is 1580. The van der Waals surface area contributed by atoms with Crippen LogP contribution in [0.5, 0.6) is 0 Å². The number of ether oxygens (including phenoxy) is 4. The summed E-state index contributed by atoms with van der Waals surface area (Å²) in [5.74, 6) is -25.9. The fourth-order valence-electron chi connectivity index (χ4n) is 3.20. The summed E-state index contributed by atoms with van der Waals surface area (Å²) < 4.78 is 16.4. The number of rotatable bonds is 28. The monoisotopic (exact) mass is 1080 g/mol. The predicted molar refractivity (Wildman–Crippen MR) is 189 cm³/mol. The first-order valence-corrected chi connectivity index (χ1v) is 17.5. The van der Waals surface area contributed by atoms with Crippen molar-refractivity contribution in [1.29, 1.82) is 0 Å². The molecule has 0 aromatic carbocycles. The van der Waals surface area contributed by atoms with E-state index >= 15 is 0 Å². The van der Waals surface area contributed by atoms with Gasteiger partial charge < -0.3 is 122 Å². The van der Waals surface area contributed by atoms with Crippen LogP contribution in [-0.4, -0.2) is 185 Å². The number of esters is 4. The van der Waals surface area contributed by atoms with Crippen LogP contribution in [0.2, 0.25) is 0 Å². The zero-order valence-electron chi connectivity index (χ0n) is 38.0. The molecule has 40 heteroatoms. The van der Waals surface area contributed by atoms with E-state index in [1.165, 1.54) is 0 Å². The van der Waals surface area contributed by atoms with Crippen molar-refractivity contribution in [1.82, 2.24) is 0 Å². The van der Waals surface area contributed by atoms with E-state index in [0.29, 0.717) is 0 Å². The maximum Gasteiger partial charge on any atom is 1.00 e. The molecule has 0 aromatic heterocycles. The molecule has 36 nitrogen and oxygen atoms in total. The van der Waals surface area contributed by atoms with Crippen LogP contribution in [0, 0.1) is 0 Å². The first-order valence-electron chi connectivity index (χ1n) is 17.5. The summed E-state index contributed by atoms with van der Waals surface area (Å²) >= 11 is 0. The summed E-state index contributed by atoms with van der Waals surface area (Å²) in [6.45, 7) is 0. The molecule has 72 heavy (non-hydrogen) atoms. The third-order valence-corrected chi connectivity index (χ3v) is 6.58. The third-order valence-electron chi connectivity index (χ3n) is 6.58. The van der Waals surface area contributed by atoms with Crippen LogP contribution in [0.25, 0.3) is 0 Å². The second-order valence-electron chi connectivity index (χ2n) is 12.0. The molecule has 0 fully saturated rings. The minimum Gasteiger partial charge on any atom is -0.550 e. The molecule has 4 unspecified atom stereocenters. The predicted octanol–water partition coefficient (Wildman–Crippen LogP) is -24.3. The number of hydrogen-bond acceptors (Lipinski definition) is 28. The van der Waals surface area contributed by atoms with Crippen molar-refractivity contribution < 1.29 is 275 Å². The fraction of sp³-hybridized carbons (Fsp3) is 0.500. The van der Waals surface area contributed by atoms with Crippen LogP contribution < -0.4 is 162 Å². The molecule has 0 saturated heterocycles. The maximum atomic E-state index is 11.1. The summed E-state index contributed by atoms with van der Waals surface area (Å²) in [5, 5.41) is 107. The number of hydrogen-bond donors (Lipinski definition) is 12. The van der Waals surface area contributed by atoms with Crippen LogP contribution in [0.4, 0.5) is 0 Å². The molecule has 0 aliphatic carbocycles. The van der Waals surface area contributed by atoms with Crippen molar-refractivity contribution >= 4 is 95.5 Å². The third kappa shape index (κ3) is 43.0. The first kappa shape index (κ1) is 84.2. The molecule has 0 aliphatic rings. The van der Waals surface area contributed by atoms with Crippen molar-refractivity contribution in [2.75, 3.05) is 0 Å². The van der Waals surface area contributed by atoms with Gasteiger partial charge >= 0.3 is 190 Å². The molecule has 0 spiro atoms. The quantitative estimate of drug-likeness (QED) is 0.0150. The van der Waals surface area contributed by atoms with Crippen molar-refractivity contribution in [3.8, 4) is 0 Å². The van der Waals surface area contributed by atoms with Crippen molar-refractivity contribution in [2.45, 2.75) is 99.9 Å². The average molecular weight is 1080 g/mol. The Balaban J connectivity index is -0.000000124. The molecule has 16 N–H and O–H groups in total. The van der Waals surface area contributed by atoms with E-state index in [4.69, 9.17) is 63.8 Å². The summed E-state index contributed by atoms with van der Waals surface area (Å²) in [6.07, 6.45) is -12.9. The normalized spacial score (nSPS) is 11.2. The second kappa shape index (κ2) is 45.0. The first-order chi connectivity index (χ1) is 31.0. The number of nitrogens with two attached hydrogens (primary N) is 4.